The molecule has 0 atom stereocenters. The van der Waals surface area contributed by atoms with E-state index < -0.39 is 6.09 Å². The van der Waals surface area contributed by atoms with Crippen LogP contribution in [0.1, 0.15) is 26.2 Å². The lowest BCUT2D eigenvalue weighted by Gasteiger charge is -2.02. The molecular weight excluding hydrogens is 192 g/mol. The van der Waals surface area contributed by atoms with Crippen LogP contribution in [0.25, 0.3) is 0 Å². The Kier molecular flexibility index (Phi) is 5.22. The molecule has 1 rings (SSSR count). The van der Waals surface area contributed by atoms with Crippen molar-refractivity contribution in [1.29, 1.82) is 0 Å². The highest BCUT2D eigenvalue weighted by Gasteiger charge is 2.06. The first-order chi connectivity index (χ1) is 7.33. The maximum absolute atomic E-state index is 11.2. The second-order valence-corrected chi connectivity index (χ2v) is 3.24. The van der Waals surface area contributed by atoms with Gasteiger partial charge in [-0.15, -0.1) is 0 Å². The number of carbonyl (C=O) groups is 1. The molecule has 1 aromatic rings. The summed E-state index contributed by atoms with van der Waals surface area (Å²) in [5, 5.41) is 0. The fourth-order valence-corrected chi connectivity index (χ4v) is 1.13. The van der Waals surface area contributed by atoms with Crippen molar-refractivity contribution in [2.45, 2.75) is 26.2 Å². The van der Waals surface area contributed by atoms with Crippen molar-refractivity contribution in [3.05, 3.63) is 30.6 Å². The molecule has 4 heteroatoms. The van der Waals surface area contributed by atoms with E-state index in [0.717, 1.165) is 19.3 Å². The van der Waals surface area contributed by atoms with Gasteiger partial charge in [0.15, 0.2) is 12.4 Å². The van der Waals surface area contributed by atoms with Crippen LogP contribution >= 0.6 is 0 Å². The summed E-state index contributed by atoms with van der Waals surface area (Å²) in [6, 6.07) is 5.54. The second kappa shape index (κ2) is 6.81. The molecule has 4 nitrogen and oxygen atoms in total. The highest BCUT2D eigenvalue weighted by molar-refractivity contribution is 5.73. The van der Waals surface area contributed by atoms with Crippen molar-refractivity contribution in [3.63, 3.8) is 0 Å². The van der Waals surface area contributed by atoms with Gasteiger partial charge in [-0.25, -0.2) is 4.79 Å². The molecular formula is C11H17N2O2+. The number of nitrogens with one attached hydrogen (secondary N) is 1. The Hall–Kier alpha value is -1.58. The van der Waals surface area contributed by atoms with Gasteiger partial charge in [-0.3, -0.25) is 0 Å². The van der Waals surface area contributed by atoms with Crippen molar-refractivity contribution in [2.75, 3.05) is 12.0 Å². The van der Waals surface area contributed by atoms with E-state index in [4.69, 9.17) is 4.74 Å². The molecule has 0 unspecified atom stereocenters. The van der Waals surface area contributed by atoms with Gasteiger partial charge in [0, 0.05) is 12.1 Å². The molecule has 0 saturated carbocycles. The van der Waals surface area contributed by atoms with Gasteiger partial charge in [-0.05, 0) is 6.42 Å². The van der Waals surface area contributed by atoms with E-state index >= 15 is 0 Å². The summed E-state index contributed by atoms with van der Waals surface area (Å²) in [6.07, 6.45) is 6.20. The Morgan fingerprint density at radius 2 is 2.00 bits per heavy atom. The number of rotatable bonds is 5. The predicted molar refractivity (Wildman–Crippen MR) is 56.9 cm³/mol. The average molecular weight is 209 g/mol. The Balaban J connectivity index is 2.19. The van der Waals surface area contributed by atoms with Gasteiger partial charge in [0.1, 0.15) is 0 Å². The third-order valence-corrected chi connectivity index (χ3v) is 1.92. The molecule has 0 aromatic carbocycles. The zero-order valence-corrected chi connectivity index (χ0v) is 8.98. The summed E-state index contributed by atoms with van der Waals surface area (Å²) < 4.78 is 6.53. The van der Waals surface area contributed by atoms with Gasteiger partial charge >= 0.3 is 6.09 Å². The van der Waals surface area contributed by atoms with Crippen molar-refractivity contribution in [3.8, 4) is 0 Å². The second-order valence-electron chi connectivity index (χ2n) is 3.24. The van der Waals surface area contributed by atoms with Crippen molar-refractivity contribution >= 4 is 6.09 Å². The first-order valence-corrected chi connectivity index (χ1v) is 5.23. The first kappa shape index (κ1) is 11.5. The van der Waals surface area contributed by atoms with Gasteiger partial charge < -0.3 is 4.74 Å². The van der Waals surface area contributed by atoms with Gasteiger partial charge in [0.2, 0.25) is 0 Å². The molecule has 0 saturated heterocycles. The highest BCUT2D eigenvalue weighted by atomic mass is 16.6. The number of unbranched alkanes of at least 4 members (excludes halogenated alkanes) is 2. The molecule has 15 heavy (non-hydrogen) atoms. The van der Waals surface area contributed by atoms with Crippen LogP contribution in [-0.4, -0.2) is 12.7 Å². The zero-order valence-electron chi connectivity index (χ0n) is 8.98. The Morgan fingerprint density at radius 3 is 2.67 bits per heavy atom. The van der Waals surface area contributed by atoms with Crippen LogP contribution in [0, 0.1) is 0 Å². The van der Waals surface area contributed by atoms with Crippen LogP contribution in [0.2, 0.25) is 0 Å². The molecule has 0 radical (unpaired) electrons. The minimum atomic E-state index is -0.415. The van der Waals surface area contributed by atoms with Crippen LogP contribution < -0.4 is 10.1 Å². The summed E-state index contributed by atoms with van der Waals surface area (Å²) in [5.74, 6) is 0. The lowest BCUT2D eigenvalue weighted by Crippen LogP contribution is -2.47. The average Bonchev–Trinajstić information content (AvgIpc) is 2.26. The molecule has 0 aliphatic heterocycles. The van der Waals surface area contributed by atoms with E-state index in [0.29, 0.717) is 6.61 Å². The summed E-state index contributed by atoms with van der Waals surface area (Å²) in [4.78, 5) is 11.2. The van der Waals surface area contributed by atoms with E-state index in [-0.39, 0.29) is 0 Å². The summed E-state index contributed by atoms with van der Waals surface area (Å²) in [6.45, 7) is 2.59. The largest absolute Gasteiger partial charge is 0.461 e. The number of ether oxygens (including phenoxy) is 1. The van der Waals surface area contributed by atoms with Gasteiger partial charge in [0.25, 0.3) is 0 Å². The third kappa shape index (κ3) is 5.00. The topological polar surface area (TPSA) is 42.2 Å². The van der Waals surface area contributed by atoms with E-state index in [2.05, 4.69) is 12.3 Å². The smallest absolute Gasteiger partial charge is 0.446 e. The van der Waals surface area contributed by atoms with E-state index in [9.17, 15) is 4.79 Å². The lowest BCUT2D eigenvalue weighted by molar-refractivity contribution is -0.642. The zero-order chi connectivity index (χ0) is 10.9. The Morgan fingerprint density at radius 1 is 1.27 bits per heavy atom. The monoisotopic (exact) mass is 209 g/mol. The fraction of sp³-hybridized carbons (Fsp3) is 0.455. The quantitative estimate of drug-likeness (QED) is 0.594. The molecule has 1 aromatic heterocycles. The van der Waals surface area contributed by atoms with Crippen LogP contribution in [0.4, 0.5) is 4.79 Å². The summed E-state index contributed by atoms with van der Waals surface area (Å²) >= 11 is 0. The standard InChI is InChI=1S/C11H16N2O2/c1-2-3-7-10-15-11(14)12-13-8-5-4-6-9-13/h4-6,8-9H,2-3,7,10H2,1H3/p+1. The summed E-state index contributed by atoms with van der Waals surface area (Å²) in [5.41, 5.74) is 2.57. The van der Waals surface area contributed by atoms with Crippen LogP contribution in [0.5, 0.6) is 0 Å². The highest BCUT2D eigenvalue weighted by Crippen LogP contribution is 1.93. The minimum Gasteiger partial charge on any atom is -0.446 e. The molecule has 0 fully saturated rings. The van der Waals surface area contributed by atoms with Gasteiger partial charge in [-0.1, -0.05) is 35.9 Å². The molecule has 1 amide bonds. The summed E-state index contributed by atoms with van der Waals surface area (Å²) in [7, 11) is 0. The van der Waals surface area contributed by atoms with Gasteiger partial charge in [0.05, 0.1) is 6.61 Å². The SMILES string of the molecule is CCCCCOC(=O)N[n+]1ccccc1. The van der Waals surface area contributed by atoms with Crippen molar-refractivity contribution in [2.24, 2.45) is 0 Å². The number of hydrogen-bond donors (Lipinski definition) is 1. The predicted octanol–water partition coefficient (Wildman–Crippen LogP) is 1.84. The Labute approximate surface area is 89.8 Å². The van der Waals surface area contributed by atoms with E-state index in [1.165, 1.54) is 0 Å². The normalized spacial score (nSPS) is 9.67. The van der Waals surface area contributed by atoms with Crippen molar-refractivity contribution in [1.82, 2.24) is 0 Å². The molecule has 1 heterocycles. The maximum atomic E-state index is 11.2. The van der Waals surface area contributed by atoms with Crippen LogP contribution in [0.15, 0.2) is 30.6 Å². The maximum Gasteiger partial charge on any atom is 0.461 e. The number of pyridine rings is 1. The molecule has 1 N–H and O–H groups in total. The van der Waals surface area contributed by atoms with Crippen LogP contribution in [-0.2, 0) is 4.74 Å². The number of hydrogen-bond acceptors (Lipinski definition) is 2. The number of aromatic nitrogens is 1. The van der Waals surface area contributed by atoms with Crippen molar-refractivity contribution < 1.29 is 14.2 Å². The molecule has 82 valence electrons. The molecule has 0 spiro atoms. The van der Waals surface area contributed by atoms with E-state index in [1.807, 2.05) is 18.2 Å². The van der Waals surface area contributed by atoms with Crippen LogP contribution in [0.3, 0.4) is 0 Å². The number of amides is 1. The molecule has 0 aliphatic rings. The minimum absolute atomic E-state index is 0.415. The lowest BCUT2D eigenvalue weighted by atomic mass is 10.3. The van der Waals surface area contributed by atoms with E-state index in [1.54, 1.807) is 17.1 Å². The number of carbonyl (C=O) groups excluding carboxylic acids is 1. The number of nitrogens with zero attached hydrogens (tertiary/aromatic N) is 1. The first-order valence-electron chi connectivity index (χ1n) is 5.23. The fourth-order valence-electron chi connectivity index (χ4n) is 1.13. The molecule has 0 aliphatic carbocycles. The molecule has 0 bridgehead atoms. The third-order valence-electron chi connectivity index (χ3n) is 1.92. The Bertz CT molecular complexity index is 288. The van der Waals surface area contributed by atoms with Gasteiger partial charge in [-0.2, -0.15) is 0 Å².